The van der Waals surface area contributed by atoms with Gasteiger partial charge in [0.25, 0.3) is 5.91 Å². The Morgan fingerprint density at radius 3 is 2.39 bits per heavy atom. The van der Waals surface area contributed by atoms with Crippen LogP contribution in [0.4, 0.5) is 5.69 Å². The summed E-state index contributed by atoms with van der Waals surface area (Å²) in [6, 6.07) is 6.76. The number of hydrogen-bond donors (Lipinski definition) is 1. The van der Waals surface area contributed by atoms with Crippen LogP contribution >= 0.6 is 0 Å². The van der Waals surface area contributed by atoms with Crippen LogP contribution in [0.25, 0.3) is 0 Å². The first-order chi connectivity index (χ1) is 13.5. The van der Waals surface area contributed by atoms with Gasteiger partial charge in [-0.2, -0.15) is 0 Å². The average Bonchev–Trinajstić information content (AvgIpc) is 3.56. The highest BCUT2D eigenvalue weighted by Gasteiger charge is 2.35. The van der Waals surface area contributed by atoms with Crippen molar-refractivity contribution >= 4 is 21.6 Å². The second-order valence-electron chi connectivity index (χ2n) is 7.08. The summed E-state index contributed by atoms with van der Waals surface area (Å²) in [6.45, 7) is 1.23. The number of sulfonamides is 1. The number of carbonyl (C=O) groups is 1. The van der Waals surface area contributed by atoms with E-state index in [0.29, 0.717) is 55.9 Å². The normalized spacial score (nSPS) is 17.9. The number of rotatable bonds is 6. The van der Waals surface area contributed by atoms with Crippen LogP contribution in [0.3, 0.4) is 0 Å². The number of amides is 1. The molecule has 1 saturated heterocycles. The van der Waals surface area contributed by atoms with E-state index in [4.69, 9.17) is 4.74 Å². The molecule has 2 aromatic heterocycles. The molecule has 8 nitrogen and oxygen atoms in total. The largest absolute Gasteiger partial charge is 0.474 e. The summed E-state index contributed by atoms with van der Waals surface area (Å²) in [4.78, 5) is 22.4. The Hall–Kier alpha value is -2.68. The van der Waals surface area contributed by atoms with Crippen LogP contribution in [-0.4, -0.2) is 53.6 Å². The third-order valence-corrected chi connectivity index (χ3v) is 6.77. The van der Waals surface area contributed by atoms with Crippen LogP contribution < -0.4 is 9.46 Å². The minimum absolute atomic E-state index is 0.00581. The summed E-state index contributed by atoms with van der Waals surface area (Å²) >= 11 is 0. The fraction of sp³-hybridized carbons (Fsp3) is 0.421. The summed E-state index contributed by atoms with van der Waals surface area (Å²) in [7, 11) is -3.29. The average molecular weight is 402 g/mol. The molecule has 2 fully saturated rings. The van der Waals surface area contributed by atoms with Crippen molar-refractivity contribution in [3.63, 3.8) is 0 Å². The Bertz CT molecular complexity index is 922. The molecule has 0 aromatic carbocycles. The number of nitrogens with one attached hydrogen (secondary N) is 1. The quantitative estimate of drug-likeness (QED) is 0.794. The topological polar surface area (TPSA) is 101 Å². The molecule has 3 heterocycles. The smallest absolute Gasteiger partial charge is 0.253 e. The van der Waals surface area contributed by atoms with Gasteiger partial charge in [0.2, 0.25) is 15.9 Å². The maximum atomic E-state index is 12.5. The monoisotopic (exact) mass is 402 g/mol. The highest BCUT2D eigenvalue weighted by Crippen LogP contribution is 2.29. The van der Waals surface area contributed by atoms with E-state index in [-0.39, 0.29) is 17.3 Å². The molecule has 148 valence electrons. The molecule has 28 heavy (non-hydrogen) atoms. The lowest BCUT2D eigenvalue weighted by molar-refractivity contribution is 0.0588. The van der Waals surface area contributed by atoms with E-state index in [2.05, 4.69) is 14.7 Å². The van der Waals surface area contributed by atoms with Crippen molar-refractivity contribution in [2.45, 2.75) is 37.0 Å². The SMILES string of the molecule is O=C(c1ccncc1)N1CCC(Oc2ccc(NS(=O)(=O)C3CC3)cn2)CC1. The van der Waals surface area contributed by atoms with Crippen molar-refractivity contribution in [3.05, 3.63) is 48.4 Å². The fourth-order valence-electron chi connectivity index (χ4n) is 3.16. The second kappa shape index (κ2) is 7.75. The van der Waals surface area contributed by atoms with Gasteiger partial charge in [0.15, 0.2) is 0 Å². The second-order valence-corrected chi connectivity index (χ2v) is 9.04. The van der Waals surface area contributed by atoms with Gasteiger partial charge in [0.05, 0.1) is 17.1 Å². The van der Waals surface area contributed by atoms with Crippen molar-refractivity contribution in [2.24, 2.45) is 0 Å². The maximum Gasteiger partial charge on any atom is 0.253 e. The van der Waals surface area contributed by atoms with E-state index < -0.39 is 10.0 Å². The predicted molar refractivity (Wildman–Crippen MR) is 104 cm³/mol. The fourth-order valence-corrected chi connectivity index (χ4v) is 4.53. The van der Waals surface area contributed by atoms with Crippen LogP contribution in [0.1, 0.15) is 36.0 Å². The van der Waals surface area contributed by atoms with E-state index in [1.165, 1.54) is 6.20 Å². The maximum absolute atomic E-state index is 12.5. The zero-order chi connectivity index (χ0) is 19.6. The number of ether oxygens (including phenoxy) is 1. The molecule has 0 atom stereocenters. The minimum atomic E-state index is -3.29. The third kappa shape index (κ3) is 4.41. The van der Waals surface area contributed by atoms with E-state index in [9.17, 15) is 13.2 Å². The molecular formula is C19H22N4O4S. The molecule has 2 aliphatic rings. The van der Waals surface area contributed by atoms with Gasteiger partial charge in [0.1, 0.15) is 6.10 Å². The lowest BCUT2D eigenvalue weighted by Crippen LogP contribution is -2.41. The summed E-state index contributed by atoms with van der Waals surface area (Å²) < 4.78 is 32.3. The Labute approximate surface area is 164 Å². The van der Waals surface area contributed by atoms with Crippen molar-refractivity contribution < 1.29 is 17.9 Å². The summed E-state index contributed by atoms with van der Waals surface area (Å²) in [5.41, 5.74) is 1.08. The van der Waals surface area contributed by atoms with Crippen molar-refractivity contribution in [1.82, 2.24) is 14.9 Å². The predicted octanol–water partition coefficient (Wildman–Crippen LogP) is 2.06. The number of nitrogens with zero attached hydrogens (tertiary/aromatic N) is 3. The van der Waals surface area contributed by atoms with E-state index in [1.54, 1.807) is 36.7 Å². The van der Waals surface area contributed by atoms with Gasteiger partial charge in [-0.1, -0.05) is 0 Å². The van der Waals surface area contributed by atoms with Gasteiger partial charge in [-0.3, -0.25) is 14.5 Å². The number of aromatic nitrogens is 2. The number of pyridine rings is 2. The highest BCUT2D eigenvalue weighted by atomic mass is 32.2. The van der Waals surface area contributed by atoms with Crippen molar-refractivity contribution in [2.75, 3.05) is 17.8 Å². The van der Waals surface area contributed by atoms with E-state index in [0.717, 1.165) is 0 Å². The number of anilines is 1. The lowest BCUT2D eigenvalue weighted by Gasteiger charge is -2.32. The number of likely N-dealkylation sites (tertiary alicyclic amines) is 1. The van der Waals surface area contributed by atoms with Gasteiger partial charge >= 0.3 is 0 Å². The first-order valence-corrected chi connectivity index (χ1v) is 10.9. The minimum Gasteiger partial charge on any atom is -0.474 e. The highest BCUT2D eigenvalue weighted by molar-refractivity contribution is 7.93. The number of hydrogen-bond acceptors (Lipinski definition) is 6. The number of carbonyl (C=O) groups excluding carboxylic acids is 1. The van der Waals surface area contributed by atoms with Crippen LogP contribution in [0.2, 0.25) is 0 Å². The first kappa shape index (κ1) is 18.7. The van der Waals surface area contributed by atoms with Gasteiger partial charge in [-0.15, -0.1) is 0 Å². The van der Waals surface area contributed by atoms with Gasteiger partial charge in [-0.05, 0) is 31.0 Å². The van der Waals surface area contributed by atoms with Gasteiger partial charge in [0, 0.05) is 50.0 Å². The third-order valence-electron chi connectivity index (χ3n) is 4.90. The standard InChI is InChI=1S/C19H22N4O4S/c24-19(14-5-9-20-10-6-14)23-11-7-16(8-12-23)27-18-4-1-15(13-21-18)22-28(25,26)17-2-3-17/h1,4-6,9-10,13,16-17,22H,2-3,7-8,11-12H2. The molecule has 9 heteroatoms. The Kier molecular flexibility index (Phi) is 5.17. The summed E-state index contributed by atoms with van der Waals surface area (Å²) in [5.74, 6) is 0.458. The zero-order valence-electron chi connectivity index (χ0n) is 15.3. The first-order valence-electron chi connectivity index (χ1n) is 9.35. The molecule has 0 bridgehead atoms. The Balaban J connectivity index is 1.28. The Morgan fingerprint density at radius 2 is 1.79 bits per heavy atom. The van der Waals surface area contributed by atoms with E-state index >= 15 is 0 Å². The van der Waals surface area contributed by atoms with Gasteiger partial charge in [-0.25, -0.2) is 13.4 Å². The molecule has 1 saturated carbocycles. The van der Waals surface area contributed by atoms with Crippen LogP contribution in [0.15, 0.2) is 42.9 Å². The van der Waals surface area contributed by atoms with Crippen LogP contribution in [0.5, 0.6) is 5.88 Å². The molecule has 1 N–H and O–H groups in total. The molecule has 0 spiro atoms. The number of piperidine rings is 1. The van der Waals surface area contributed by atoms with Crippen molar-refractivity contribution in [1.29, 1.82) is 0 Å². The molecule has 0 radical (unpaired) electrons. The Morgan fingerprint density at radius 1 is 1.07 bits per heavy atom. The van der Waals surface area contributed by atoms with Crippen LogP contribution in [0, 0.1) is 0 Å². The zero-order valence-corrected chi connectivity index (χ0v) is 16.1. The molecule has 1 aliphatic carbocycles. The summed E-state index contributed by atoms with van der Waals surface area (Å²) in [6.07, 6.45) is 7.54. The van der Waals surface area contributed by atoms with Crippen molar-refractivity contribution in [3.8, 4) is 5.88 Å². The molecule has 4 rings (SSSR count). The molecule has 2 aromatic rings. The molecule has 1 amide bonds. The molecule has 0 unspecified atom stereocenters. The van der Waals surface area contributed by atoms with Gasteiger partial charge < -0.3 is 9.64 Å². The van der Waals surface area contributed by atoms with E-state index in [1.807, 2.05) is 4.90 Å². The molecule has 1 aliphatic heterocycles. The van der Waals surface area contributed by atoms with Crippen LogP contribution in [-0.2, 0) is 10.0 Å². The lowest BCUT2D eigenvalue weighted by atomic mass is 10.1. The summed E-state index contributed by atoms with van der Waals surface area (Å²) in [5, 5.41) is -0.275. The molecular weight excluding hydrogens is 380 g/mol.